The van der Waals surface area contributed by atoms with E-state index in [9.17, 15) is 13.2 Å². The topological polar surface area (TPSA) is 95.8 Å². The SMILES string of the molecule is COc1ccccc1-c1cc(NCCNc2ccc(C#N)cn2)nc(-c2ccccc2C(F)(F)F)n1. The molecule has 0 spiro atoms. The van der Waals surface area contributed by atoms with Crippen LogP contribution in [-0.2, 0) is 6.18 Å². The van der Waals surface area contributed by atoms with E-state index in [1.54, 1.807) is 42.5 Å². The third kappa shape index (κ3) is 5.70. The molecule has 0 saturated carbocycles. The summed E-state index contributed by atoms with van der Waals surface area (Å²) in [5, 5.41) is 15.1. The highest BCUT2D eigenvalue weighted by Gasteiger charge is 2.34. The van der Waals surface area contributed by atoms with Crippen LogP contribution >= 0.6 is 0 Å². The number of alkyl halides is 3. The minimum Gasteiger partial charge on any atom is -0.496 e. The smallest absolute Gasteiger partial charge is 0.417 e. The fourth-order valence-electron chi connectivity index (χ4n) is 3.52. The number of para-hydroxylation sites is 1. The largest absolute Gasteiger partial charge is 0.496 e. The van der Waals surface area contributed by atoms with Crippen LogP contribution in [0.25, 0.3) is 22.6 Å². The van der Waals surface area contributed by atoms with Crippen molar-refractivity contribution in [2.24, 2.45) is 0 Å². The number of aromatic nitrogens is 3. The lowest BCUT2D eigenvalue weighted by Gasteiger charge is -2.15. The Balaban J connectivity index is 1.64. The van der Waals surface area contributed by atoms with Gasteiger partial charge >= 0.3 is 6.18 Å². The monoisotopic (exact) mass is 490 g/mol. The van der Waals surface area contributed by atoms with Crippen LogP contribution in [0.5, 0.6) is 5.75 Å². The second-order valence-corrected chi connectivity index (χ2v) is 7.60. The van der Waals surface area contributed by atoms with Crippen molar-refractivity contribution < 1.29 is 17.9 Å². The summed E-state index contributed by atoms with van der Waals surface area (Å²) in [6.45, 7) is 0.839. The van der Waals surface area contributed by atoms with Gasteiger partial charge in [0.2, 0.25) is 0 Å². The van der Waals surface area contributed by atoms with Gasteiger partial charge in [-0.3, -0.25) is 0 Å². The molecule has 36 heavy (non-hydrogen) atoms. The zero-order valence-electron chi connectivity index (χ0n) is 19.2. The molecule has 7 nitrogen and oxygen atoms in total. The number of nitrogens with one attached hydrogen (secondary N) is 2. The van der Waals surface area contributed by atoms with E-state index in [1.807, 2.05) is 6.07 Å². The molecule has 0 bridgehead atoms. The fraction of sp³-hybridized carbons (Fsp3) is 0.154. The molecule has 0 unspecified atom stereocenters. The minimum absolute atomic E-state index is 0.0597. The summed E-state index contributed by atoms with van der Waals surface area (Å²) in [7, 11) is 1.52. The normalized spacial score (nSPS) is 11.0. The quantitative estimate of drug-likeness (QED) is 0.309. The zero-order chi connectivity index (χ0) is 25.5. The Labute approximate surface area is 205 Å². The summed E-state index contributed by atoms with van der Waals surface area (Å²) >= 11 is 0. The Bertz CT molecular complexity index is 1380. The van der Waals surface area contributed by atoms with Crippen molar-refractivity contribution in [3.05, 3.63) is 84.1 Å². The second kappa shape index (κ2) is 10.7. The lowest BCUT2D eigenvalue weighted by molar-refractivity contribution is -0.137. The van der Waals surface area contributed by atoms with E-state index < -0.39 is 11.7 Å². The highest BCUT2D eigenvalue weighted by atomic mass is 19.4. The molecule has 182 valence electrons. The number of nitrogens with zero attached hydrogens (tertiary/aromatic N) is 4. The number of hydrogen-bond donors (Lipinski definition) is 2. The van der Waals surface area contributed by atoms with Crippen LogP contribution < -0.4 is 15.4 Å². The van der Waals surface area contributed by atoms with Crippen LogP contribution in [0.15, 0.2) is 72.9 Å². The maximum absolute atomic E-state index is 13.7. The molecule has 2 aromatic carbocycles. The molecule has 0 aliphatic carbocycles. The van der Waals surface area contributed by atoms with Crippen LogP contribution in [0, 0.1) is 11.3 Å². The Morgan fingerprint density at radius 3 is 2.25 bits per heavy atom. The van der Waals surface area contributed by atoms with Gasteiger partial charge in [-0.15, -0.1) is 0 Å². The molecule has 2 heterocycles. The summed E-state index contributed by atoms with van der Waals surface area (Å²) < 4.78 is 46.6. The average molecular weight is 490 g/mol. The Morgan fingerprint density at radius 1 is 0.889 bits per heavy atom. The van der Waals surface area contributed by atoms with Crippen LogP contribution in [-0.4, -0.2) is 35.2 Å². The number of ether oxygens (including phenoxy) is 1. The van der Waals surface area contributed by atoms with Gasteiger partial charge in [-0.1, -0.05) is 30.3 Å². The minimum atomic E-state index is -4.56. The number of halogens is 3. The molecule has 4 aromatic rings. The fourth-order valence-corrected chi connectivity index (χ4v) is 3.52. The van der Waals surface area contributed by atoms with Gasteiger partial charge in [0.05, 0.1) is 23.9 Å². The number of benzene rings is 2. The molecule has 2 aromatic heterocycles. The first kappa shape index (κ1) is 24.5. The van der Waals surface area contributed by atoms with E-state index in [1.165, 1.54) is 31.5 Å². The Hall–Kier alpha value is -4.65. The molecule has 2 N–H and O–H groups in total. The molecule has 0 atom stereocenters. The van der Waals surface area contributed by atoms with Gasteiger partial charge in [0.25, 0.3) is 0 Å². The summed E-state index contributed by atoms with van der Waals surface area (Å²) in [4.78, 5) is 13.0. The molecule has 10 heteroatoms. The van der Waals surface area contributed by atoms with Crippen molar-refractivity contribution in [1.29, 1.82) is 5.26 Å². The first-order valence-electron chi connectivity index (χ1n) is 10.9. The summed E-state index contributed by atoms with van der Waals surface area (Å²) in [6, 6.07) is 19.3. The first-order valence-corrected chi connectivity index (χ1v) is 10.9. The molecule has 0 saturated heterocycles. The standard InChI is InChI=1S/C26H21F3N6O/c1-36-22-9-5-3-7-19(22)21-14-24(32-13-12-31-23-11-10-17(15-30)16-33-23)35-25(34-21)18-6-2-4-8-20(18)26(27,28)29/h2-11,14,16H,12-13H2,1H3,(H,31,33)(H,32,34,35). The molecule has 0 aliphatic heterocycles. The molecule has 0 aliphatic rings. The molecular formula is C26H21F3N6O. The molecular weight excluding hydrogens is 469 g/mol. The van der Waals surface area contributed by atoms with Gasteiger partial charge in [-0.05, 0) is 30.3 Å². The number of methoxy groups -OCH3 is 1. The highest BCUT2D eigenvalue weighted by molar-refractivity contribution is 5.73. The predicted molar refractivity (Wildman–Crippen MR) is 130 cm³/mol. The molecule has 0 amide bonds. The molecule has 0 fully saturated rings. The van der Waals surface area contributed by atoms with E-state index in [2.05, 4.69) is 25.6 Å². The van der Waals surface area contributed by atoms with Crippen LogP contribution in [0.1, 0.15) is 11.1 Å². The van der Waals surface area contributed by atoms with Crippen molar-refractivity contribution in [3.8, 4) is 34.5 Å². The number of hydrogen-bond acceptors (Lipinski definition) is 7. The predicted octanol–water partition coefficient (Wildman–Crippen LogP) is 5.63. The van der Waals surface area contributed by atoms with E-state index in [0.717, 1.165) is 6.07 Å². The summed E-state index contributed by atoms with van der Waals surface area (Å²) in [6.07, 6.45) is -3.10. The lowest BCUT2D eigenvalue weighted by Crippen LogP contribution is -2.15. The first-order chi connectivity index (χ1) is 17.4. The van der Waals surface area contributed by atoms with E-state index in [0.29, 0.717) is 47.3 Å². The second-order valence-electron chi connectivity index (χ2n) is 7.60. The van der Waals surface area contributed by atoms with Gasteiger partial charge in [0, 0.05) is 36.5 Å². The lowest BCUT2D eigenvalue weighted by atomic mass is 10.1. The Morgan fingerprint density at radius 2 is 1.58 bits per heavy atom. The third-order valence-corrected chi connectivity index (χ3v) is 5.21. The van der Waals surface area contributed by atoms with Gasteiger partial charge in [-0.2, -0.15) is 18.4 Å². The number of pyridine rings is 1. The van der Waals surface area contributed by atoms with Crippen molar-refractivity contribution >= 4 is 11.6 Å². The maximum Gasteiger partial charge on any atom is 0.417 e. The van der Waals surface area contributed by atoms with Crippen molar-refractivity contribution in [2.75, 3.05) is 30.8 Å². The van der Waals surface area contributed by atoms with Crippen LogP contribution in [0.4, 0.5) is 24.8 Å². The van der Waals surface area contributed by atoms with Crippen molar-refractivity contribution in [3.63, 3.8) is 0 Å². The number of anilines is 2. The van der Waals surface area contributed by atoms with Crippen molar-refractivity contribution in [1.82, 2.24) is 15.0 Å². The van der Waals surface area contributed by atoms with Crippen LogP contribution in [0.2, 0.25) is 0 Å². The van der Waals surface area contributed by atoms with Gasteiger partial charge in [0.15, 0.2) is 5.82 Å². The molecule has 4 rings (SSSR count). The van der Waals surface area contributed by atoms with E-state index in [4.69, 9.17) is 10.00 Å². The van der Waals surface area contributed by atoms with Gasteiger partial charge in [-0.25, -0.2) is 15.0 Å². The zero-order valence-corrected chi connectivity index (χ0v) is 19.2. The summed E-state index contributed by atoms with van der Waals surface area (Å²) in [5.41, 5.74) is 0.552. The maximum atomic E-state index is 13.7. The highest BCUT2D eigenvalue weighted by Crippen LogP contribution is 2.37. The van der Waals surface area contributed by atoms with Crippen molar-refractivity contribution in [2.45, 2.75) is 6.18 Å². The van der Waals surface area contributed by atoms with E-state index >= 15 is 0 Å². The Kier molecular flexibility index (Phi) is 7.30. The number of rotatable bonds is 8. The van der Waals surface area contributed by atoms with Crippen LogP contribution in [0.3, 0.4) is 0 Å². The van der Waals surface area contributed by atoms with Gasteiger partial charge < -0.3 is 15.4 Å². The third-order valence-electron chi connectivity index (χ3n) is 5.21. The summed E-state index contributed by atoms with van der Waals surface area (Å²) in [5.74, 6) is 1.42. The van der Waals surface area contributed by atoms with E-state index in [-0.39, 0.29) is 11.4 Å². The molecule has 0 radical (unpaired) electrons. The number of nitriles is 1. The van der Waals surface area contributed by atoms with Gasteiger partial charge in [0.1, 0.15) is 23.5 Å². The average Bonchev–Trinajstić information content (AvgIpc) is 2.90.